The number of aromatic amines is 1. The van der Waals surface area contributed by atoms with Crippen molar-refractivity contribution < 1.29 is 9.53 Å². The fourth-order valence-electron chi connectivity index (χ4n) is 3.46. The predicted octanol–water partition coefficient (Wildman–Crippen LogP) is 4.71. The summed E-state index contributed by atoms with van der Waals surface area (Å²) in [5.74, 6) is 0.541. The van der Waals surface area contributed by atoms with Gasteiger partial charge in [0.05, 0.1) is 11.7 Å². The molecule has 0 fully saturated rings. The van der Waals surface area contributed by atoms with Crippen molar-refractivity contribution in [3.8, 4) is 5.75 Å². The first kappa shape index (κ1) is 19.0. The summed E-state index contributed by atoms with van der Waals surface area (Å²) in [5.41, 5.74) is 3.39. The van der Waals surface area contributed by atoms with Crippen LogP contribution in [0, 0.1) is 0 Å². The first-order valence-electron chi connectivity index (χ1n) is 9.75. The number of amides is 1. The molecular weight excluding hydrogens is 362 g/mol. The number of aromatic nitrogens is 2. The molecule has 0 atom stereocenters. The van der Waals surface area contributed by atoms with Gasteiger partial charge < -0.3 is 10.1 Å². The van der Waals surface area contributed by atoms with E-state index in [0.717, 1.165) is 27.2 Å². The number of ether oxygens (including phenoxy) is 1. The number of nitrogens with zero attached hydrogens (tertiary/aromatic N) is 1. The average Bonchev–Trinajstić information content (AvgIpc) is 3.19. The molecule has 29 heavy (non-hydrogen) atoms. The van der Waals surface area contributed by atoms with E-state index in [1.807, 2.05) is 36.4 Å². The van der Waals surface area contributed by atoms with Crippen LogP contribution >= 0.6 is 0 Å². The van der Waals surface area contributed by atoms with E-state index in [9.17, 15) is 4.79 Å². The monoisotopic (exact) mass is 387 g/mol. The van der Waals surface area contributed by atoms with Gasteiger partial charge in [0.2, 0.25) is 0 Å². The highest BCUT2D eigenvalue weighted by atomic mass is 16.5. The van der Waals surface area contributed by atoms with Gasteiger partial charge in [-0.1, -0.05) is 57.2 Å². The maximum absolute atomic E-state index is 12.3. The largest absolute Gasteiger partial charge is 0.484 e. The van der Waals surface area contributed by atoms with E-state index in [4.69, 9.17) is 4.74 Å². The molecule has 0 unspecified atom stereocenters. The van der Waals surface area contributed by atoms with Crippen molar-refractivity contribution in [2.75, 3.05) is 6.61 Å². The number of carbonyl (C=O) groups excluding carboxylic acids is 1. The second-order valence-electron chi connectivity index (χ2n) is 8.26. The van der Waals surface area contributed by atoms with Crippen LogP contribution in [0.5, 0.6) is 5.75 Å². The molecule has 0 bridgehead atoms. The molecule has 0 saturated heterocycles. The quantitative estimate of drug-likeness (QED) is 0.521. The van der Waals surface area contributed by atoms with Crippen molar-refractivity contribution in [1.82, 2.24) is 15.5 Å². The lowest BCUT2D eigenvalue weighted by Gasteiger charge is -2.19. The molecule has 5 nitrogen and oxygen atoms in total. The molecule has 5 heteroatoms. The third-order valence-corrected chi connectivity index (χ3v) is 5.11. The summed E-state index contributed by atoms with van der Waals surface area (Å²) in [4.78, 5) is 12.3. The lowest BCUT2D eigenvalue weighted by molar-refractivity contribution is -0.123. The highest BCUT2D eigenvalue weighted by Crippen LogP contribution is 2.27. The zero-order valence-corrected chi connectivity index (χ0v) is 17.0. The zero-order chi connectivity index (χ0) is 20.4. The Morgan fingerprint density at radius 1 is 1.07 bits per heavy atom. The molecular formula is C24H25N3O2. The van der Waals surface area contributed by atoms with Gasteiger partial charge in [-0.2, -0.15) is 5.10 Å². The van der Waals surface area contributed by atoms with Crippen LogP contribution in [0.15, 0.2) is 60.8 Å². The second-order valence-corrected chi connectivity index (χ2v) is 8.26. The first-order chi connectivity index (χ1) is 13.9. The minimum Gasteiger partial charge on any atom is -0.484 e. The fraction of sp³-hybridized carbons (Fsp3) is 0.250. The summed E-state index contributed by atoms with van der Waals surface area (Å²) in [6.45, 7) is 6.93. The van der Waals surface area contributed by atoms with Crippen molar-refractivity contribution in [3.05, 3.63) is 71.9 Å². The fourth-order valence-corrected chi connectivity index (χ4v) is 3.46. The summed E-state index contributed by atoms with van der Waals surface area (Å²) >= 11 is 0. The molecule has 0 radical (unpaired) electrons. The van der Waals surface area contributed by atoms with E-state index in [0.29, 0.717) is 12.3 Å². The lowest BCUT2D eigenvalue weighted by atomic mass is 9.87. The number of hydrogen-bond donors (Lipinski definition) is 2. The summed E-state index contributed by atoms with van der Waals surface area (Å²) in [6.07, 6.45) is 1.80. The number of carbonyl (C=O) groups is 1. The summed E-state index contributed by atoms with van der Waals surface area (Å²) in [5, 5.41) is 13.4. The number of fused-ring (bicyclic) bond motifs is 3. The number of benzene rings is 3. The van der Waals surface area contributed by atoms with E-state index < -0.39 is 0 Å². The van der Waals surface area contributed by atoms with E-state index in [1.54, 1.807) is 6.20 Å². The molecule has 2 N–H and O–H groups in total. The van der Waals surface area contributed by atoms with Crippen molar-refractivity contribution in [3.63, 3.8) is 0 Å². The van der Waals surface area contributed by atoms with Crippen LogP contribution in [-0.4, -0.2) is 22.7 Å². The first-order valence-corrected chi connectivity index (χ1v) is 9.75. The molecule has 0 saturated carbocycles. The van der Waals surface area contributed by atoms with Gasteiger partial charge in [0.1, 0.15) is 5.75 Å². The minimum absolute atomic E-state index is 0.0131. The van der Waals surface area contributed by atoms with Gasteiger partial charge in [-0.25, -0.2) is 0 Å². The maximum Gasteiger partial charge on any atom is 0.258 e. The van der Waals surface area contributed by atoms with Crippen LogP contribution in [0.1, 0.15) is 31.9 Å². The maximum atomic E-state index is 12.3. The molecule has 1 amide bonds. The third kappa shape index (κ3) is 4.09. The van der Waals surface area contributed by atoms with Gasteiger partial charge >= 0.3 is 0 Å². The van der Waals surface area contributed by atoms with Gasteiger partial charge in [0.15, 0.2) is 6.61 Å². The van der Waals surface area contributed by atoms with Gasteiger partial charge in [-0.05, 0) is 40.1 Å². The Balaban J connectivity index is 1.41. The van der Waals surface area contributed by atoms with Crippen molar-refractivity contribution >= 4 is 27.6 Å². The van der Waals surface area contributed by atoms with E-state index in [2.05, 4.69) is 54.5 Å². The summed E-state index contributed by atoms with van der Waals surface area (Å²) < 4.78 is 5.64. The Hall–Kier alpha value is -3.34. The summed E-state index contributed by atoms with van der Waals surface area (Å²) in [6, 6.07) is 18.1. The molecule has 0 aliphatic heterocycles. The van der Waals surface area contributed by atoms with E-state index >= 15 is 0 Å². The Kier molecular flexibility index (Phi) is 4.97. The topological polar surface area (TPSA) is 67.0 Å². The molecule has 3 aromatic carbocycles. The van der Waals surface area contributed by atoms with Crippen LogP contribution < -0.4 is 10.1 Å². The Bertz CT molecular complexity index is 1150. The highest BCUT2D eigenvalue weighted by molar-refractivity contribution is 6.06. The molecule has 1 heterocycles. The number of H-pyrrole nitrogens is 1. The SMILES string of the molecule is CC(C)(C)c1ccc(OCC(=O)NCc2cc3cn[nH]c3c3ccccc23)cc1. The Morgan fingerprint density at radius 3 is 2.52 bits per heavy atom. The van der Waals surface area contributed by atoms with Gasteiger partial charge in [-0.3, -0.25) is 9.89 Å². The second kappa shape index (κ2) is 7.59. The summed E-state index contributed by atoms with van der Waals surface area (Å²) in [7, 11) is 0. The van der Waals surface area contributed by atoms with Gasteiger partial charge in [0.25, 0.3) is 5.91 Å². The number of nitrogens with one attached hydrogen (secondary N) is 2. The van der Waals surface area contributed by atoms with Crippen LogP contribution in [0.3, 0.4) is 0 Å². The van der Waals surface area contributed by atoms with Crippen LogP contribution in [0.2, 0.25) is 0 Å². The van der Waals surface area contributed by atoms with Crippen LogP contribution in [0.25, 0.3) is 21.7 Å². The predicted molar refractivity (Wildman–Crippen MR) is 116 cm³/mol. The average molecular weight is 387 g/mol. The molecule has 0 aliphatic carbocycles. The Morgan fingerprint density at radius 2 is 1.79 bits per heavy atom. The van der Waals surface area contributed by atoms with Crippen LogP contribution in [0.4, 0.5) is 0 Å². The normalized spacial score (nSPS) is 11.7. The molecule has 4 aromatic rings. The number of hydrogen-bond acceptors (Lipinski definition) is 3. The minimum atomic E-state index is -0.152. The van der Waals surface area contributed by atoms with Gasteiger partial charge in [-0.15, -0.1) is 0 Å². The standard InChI is InChI=1S/C24H25N3O2/c1-24(2,3)18-8-10-19(11-9-18)29-15-22(28)25-13-16-12-17-14-26-27-23(17)21-7-5-4-6-20(16)21/h4-12,14H,13,15H2,1-3H3,(H,25,28)(H,26,27). The molecule has 0 aliphatic rings. The Labute approximate surface area is 170 Å². The zero-order valence-electron chi connectivity index (χ0n) is 17.0. The lowest BCUT2D eigenvalue weighted by Crippen LogP contribution is -2.28. The molecule has 148 valence electrons. The van der Waals surface area contributed by atoms with E-state index in [1.165, 1.54) is 5.56 Å². The van der Waals surface area contributed by atoms with Crippen molar-refractivity contribution in [2.45, 2.75) is 32.7 Å². The molecule has 1 aromatic heterocycles. The third-order valence-electron chi connectivity index (χ3n) is 5.11. The molecule has 0 spiro atoms. The van der Waals surface area contributed by atoms with E-state index in [-0.39, 0.29) is 17.9 Å². The van der Waals surface area contributed by atoms with Gasteiger partial charge in [0, 0.05) is 17.3 Å². The van der Waals surface area contributed by atoms with Crippen molar-refractivity contribution in [2.24, 2.45) is 0 Å². The number of rotatable bonds is 5. The molecule has 4 rings (SSSR count). The highest BCUT2D eigenvalue weighted by Gasteiger charge is 2.13. The smallest absolute Gasteiger partial charge is 0.258 e. The van der Waals surface area contributed by atoms with Crippen LogP contribution in [-0.2, 0) is 16.8 Å². The van der Waals surface area contributed by atoms with Crippen molar-refractivity contribution in [1.29, 1.82) is 0 Å².